The van der Waals surface area contributed by atoms with Gasteiger partial charge in [-0.2, -0.15) is 0 Å². The van der Waals surface area contributed by atoms with Crippen molar-refractivity contribution in [3.63, 3.8) is 0 Å². The highest BCUT2D eigenvalue weighted by atomic mass is 16.3. The highest BCUT2D eigenvalue weighted by Crippen LogP contribution is 2.17. The van der Waals surface area contributed by atoms with Gasteiger partial charge in [0.1, 0.15) is 5.78 Å². The molecule has 0 unspecified atom stereocenters. The Bertz CT molecular complexity index is 287. The van der Waals surface area contributed by atoms with E-state index in [1.54, 1.807) is 6.92 Å². The highest BCUT2D eigenvalue weighted by Gasteiger charge is 2.22. The van der Waals surface area contributed by atoms with Gasteiger partial charge in [0.15, 0.2) is 0 Å². The Morgan fingerprint density at radius 2 is 1.94 bits per heavy atom. The molecule has 1 N–H and O–H groups in total. The third-order valence-corrected chi connectivity index (χ3v) is 2.86. The number of aliphatic hydroxyl groups is 1. The minimum Gasteiger partial charge on any atom is -0.388 e. The second-order valence-electron chi connectivity index (χ2n) is 4.37. The summed E-state index contributed by atoms with van der Waals surface area (Å²) in [5.41, 5.74) is 1.96. The molecule has 0 aliphatic carbocycles. The number of aliphatic hydroxyl groups excluding tert-OH is 1. The maximum absolute atomic E-state index is 11.6. The molecule has 0 rings (SSSR count). The van der Waals surface area contributed by atoms with Crippen LogP contribution in [0.1, 0.15) is 47.5 Å². The molecule has 0 aliphatic heterocycles. The van der Waals surface area contributed by atoms with Gasteiger partial charge < -0.3 is 5.11 Å². The van der Waals surface area contributed by atoms with Crippen LogP contribution >= 0.6 is 0 Å². The summed E-state index contributed by atoms with van der Waals surface area (Å²) in [6.45, 7) is 9.58. The van der Waals surface area contributed by atoms with Crippen LogP contribution < -0.4 is 0 Å². The first-order valence-electron chi connectivity index (χ1n) is 5.95. The third-order valence-electron chi connectivity index (χ3n) is 2.86. The van der Waals surface area contributed by atoms with Crippen molar-refractivity contribution in [3.8, 4) is 0 Å². The summed E-state index contributed by atoms with van der Waals surface area (Å²) in [5.74, 6) is -0.165. The van der Waals surface area contributed by atoms with E-state index in [0.717, 1.165) is 17.6 Å². The molecule has 92 valence electrons. The van der Waals surface area contributed by atoms with E-state index in [0.29, 0.717) is 6.42 Å². The van der Waals surface area contributed by atoms with Gasteiger partial charge >= 0.3 is 0 Å². The molecule has 0 spiro atoms. The smallest absolute Gasteiger partial charge is 0.138 e. The van der Waals surface area contributed by atoms with Crippen LogP contribution in [0, 0.1) is 5.92 Å². The number of Topliss-reactive ketones (excluding diaryl/α,β-unsaturated/α-hetero) is 1. The molecule has 16 heavy (non-hydrogen) atoms. The average Bonchev–Trinajstić information content (AvgIpc) is 2.26. The fraction of sp³-hybridized carbons (Fsp3) is 0.643. The summed E-state index contributed by atoms with van der Waals surface area (Å²) >= 11 is 0. The van der Waals surface area contributed by atoms with Crippen LogP contribution in [-0.4, -0.2) is 17.0 Å². The Hall–Kier alpha value is -0.890. The lowest BCUT2D eigenvalue weighted by Crippen LogP contribution is -2.26. The second-order valence-corrected chi connectivity index (χ2v) is 4.37. The highest BCUT2D eigenvalue weighted by molar-refractivity contribution is 5.81. The van der Waals surface area contributed by atoms with Crippen molar-refractivity contribution in [1.29, 1.82) is 0 Å². The van der Waals surface area contributed by atoms with Crippen molar-refractivity contribution in [2.45, 2.75) is 53.6 Å². The standard InChI is InChI=1S/C14H24O2/c1-6-8-13(15)12(5)14(16)11(4)9-10(3)7-2/h7,9,12,14,16H,6,8H2,1-5H3/b10-7+,11-9+/t12-,14-/m1/s1. The fourth-order valence-electron chi connectivity index (χ4n) is 1.57. The van der Waals surface area contributed by atoms with Crippen LogP contribution in [0.5, 0.6) is 0 Å². The first-order valence-corrected chi connectivity index (χ1v) is 5.95. The Balaban J connectivity index is 4.60. The van der Waals surface area contributed by atoms with Crippen LogP contribution in [0.4, 0.5) is 0 Å². The molecule has 2 heteroatoms. The van der Waals surface area contributed by atoms with Gasteiger partial charge in [-0.15, -0.1) is 0 Å². The van der Waals surface area contributed by atoms with Crippen LogP contribution in [-0.2, 0) is 4.79 Å². The number of hydrogen-bond acceptors (Lipinski definition) is 2. The van der Waals surface area contributed by atoms with Gasteiger partial charge in [0.2, 0.25) is 0 Å². The van der Waals surface area contributed by atoms with Crippen molar-refractivity contribution < 1.29 is 9.90 Å². The van der Waals surface area contributed by atoms with Gasteiger partial charge in [0.25, 0.3) is 0 Å². The molecular weight excluding hydrogens is 200 g/mol. The summed E-state index contributed by atoms with van der Waals surface area (Å²) in [4.78, 5) is 11.6. The zero-order chi connectivity index (χ0) is 12.7. The molecule has 0 bridgehead atoms. The van der Waals surface area contributed by atoms with E-state index in [2.05, 4.69) is 0 Å². The average molecular weight is 224 g/mol. The van der Waals surface area contributed by atoms with E-state index in [9.17, 15) is 9.90 Å². The summed E-state index contributed by atoms with van der Waals surface area (Å²) in [6.07, 6.45) is 4.64. The van der Waals surface area contributed by atoms with E-state index < -0.39 is 6.10 Å². The molecule has 0 aromatic rings. The van der Waals surface area contributed by atoms with Gasteiger partial charge in [-0.1, -0.05) is 31.6 Å². The van der Waals surface area contributed by atoms with Crippen LogP contribution in [0.3, 0.4) is 0 Å². The molecule has 0 heterocycles. The maximum Gasteiger partial charge on any atom is 0.138 e. The first kappa shape index (κ1) is 15.1. The maximum atomic E-state index is 11.6. The largest absolute Gasteiger partial charge is 0.388 e. The summed E-state index contributed by atoms with van der Waals surface area (Å²) in [7, 11) is 0. The van der Waals surface area contributed by atoms with Gasteiger partial charge in [0.05, 0.1) is 6.10 Å². The number of allylic oxidation sites excluding steroid dienone is 3. The Labute approximate surface area is 99.1 Å². The predicted octanol–water partition coefficient (Wildman–Crippen LogP) is 3.27. The Kier molecular flexibility index (Phi) is 6.98. The molecule has 0 aromatic carbocycles. The second kappa shape index (κ2) is 7.39. The summed E-state index contributed by atoms with van der Waals surface area (Å²) in [6, 6.07) is 0. The number of rotatable bonds is 6. The minimum absolute atomic E-state index is 0.140. The van der Waals surface area contributed by atoms with Crippen LogP contribution in [0.15, 0.2) is 23.3 Å². The molecule has 0 radical (unpaired) electrons. The normalized spacial score (nSPS) is 17.1. The van der Waals surface area contributed by atoms with E-state index in [1.807, 2.05) is 39.8 Å². The van der Waals surface area contributed by atoms with Gasteiger partial charge in [-0.25, -0.2) is 0 Å². The van der Waals surface area contributed by atoms with Crippen molar-refractivity contribution >= 4 is 5.78 Å². The molecule has 2 atom stereocenters. The van der Waals surface area contributed by atoms with Gasteiger partial charge in [0, 0.05) is 12.3 Å². The van der Waals surface area contributed by atoms with Gasteiger partial charge in [-0.3, -0.25) is 4.79 Å². The topological polar surface area (TPSA) is 37.3 Å². The SMILES string of the molecule is C/C=C(C)/C=C(\C)[C@@H](O)[C@H](C)C(=O)CCC. The Morgan fingerprint density at radius 1 is 1.38 bits per heavy atom. The lowest BCUT2D eigenvalue weighted by atomic mass is 9.91. The molecule has 0 fully saturated rings. The lowest BCUT2D eigenvalue weighted by Gasteiger charge is -2.18. The van der Waals surface area contributed by atoms with Crippen molar-refractivity contribution in [1.82, 2.24) is 0 Å². The monoisotopic (exact) mass is 224 g/mol. The number of carbonyl (C=O) groups is 1. The van der Waals surface area contributed by atoms with Gasteiger partial charge in [-0.05, 0) is 32.8 Å². The van der Waals surface area contributed by atoms with E-state index >= 15 is 0 Å². The van der Waals surface area contributed by atoms with Crippen LogP contribution in [0.2, 0.25) is 0 Å². The van der Waals surface area contributed by atoms with Crippen molar-refractivity contribution in [2.24, 2.45) is 5.92 Å². The number of carbonyl (C=O) groups excluding carboxylic acids is 1. The number of hydrogen-bond donors (Lipinski definition) is 1. The molecule has 0 amide bonds. The quantitative estimate of drug-likeness (QED) is 0.703. The lowest BCUT2D eigenvalue weighted by molar-refractivity contribution is -0.124. The summed E-state index contributed by atoms with van der Waals surface area (Å²) < 4.78 is 0. The minimum atomic E-state index is -0.658. The molecule has 0 aliphatic rings. The van der Waals surface area contributed by atoms with Crippen molar-refractivity contribution in [3.05, 3.63) is 23.3 Å². The van der Waals surface area contributed by atoms with E-state index in [4.69, 9.17) is 0 Å². The Morgan fingerprint density at radius 3 is 2.38 bits per heavy atom. The summed E-state index contributed by atoms with van der Waals surface area (Å²) in [5, 5.41) is 10.0. The molecular formula is C14H24O2. The zero-order valence-electron chi connectivity index (χ0n) is 11.1. The van der Waals surface area contributed by atoms with Crippen molar-refractivity contribution in [2.75, 3.05) is 0 Å². The van der Waals surface area contributed by atoms with E-state index in [-0.39, 0.29) is 11.7 Å². The van der Waals surface area contributed by atoms with Crippen LogP contribution in [0.25, 0.3) is 0 Å². The fourth-order valence-corrected chi connectivity index (χ4v) is 1.57. The molecule has 2 nitrogen and oxygen atoms in total. The number of ketones is 1. The predicted molar refractivity (Wildman–Crippen MR) is 68.3 cm³/mol. The third kappa shape index (κ3) is 4.75. The first-order chi connectivity index (χ1) is 7.43. The molecule has 0 aromatic heterocycles. The van der Waals surface area contributed by atoms with E-state index in [1.165, 1.54) is 0 Å². The molecule has 0 saturated carbocycles. The zero-order valence-corrected chi connectivity index (χ0v) is 11.1. The molecule has 0 saturated heterocycles.